The molecule has 0 spiro atoms. The number of carbonyl (C=O) groups is 2. The van der Waals surface area contributed by atoms with E-state index in [1.54, 1.807) is 25.1 Å². The Kier molecular flexibility index (Phi) is 11.0. The van der Waals surface area contributed by atoms with Crippen LogP contribution in [0.3, 0.4) is 0 Å². The van der Waals surface area contributed by atoms with Gasteiger partial charge in [-0.15, -0.1) is 0 Å². The standard InChI is InChI=1S/C24H31Cl2FN4O4S/c1-5-13-28-24(33)22(6-2)30(15-17-7-12-20(25)21(26)14-17)23(32)16-31(36(34,35)29(3)4)19-10-8-18(27)9-11-19/h7-12,14,22H,5-6,13,15-16H2,1-4H3,(H,28,33). The van der Waals surface area contributed by atoms with E-state index in [1.165, 1.54) is 31.1 Å². The summed E-state index contributed by atoms with van der Waals surface area (Å²) in [6.07, 6.45) is 1.00. The fourth-order valence-electron chi connectivity index (χ4n) is 3.44. The highest BCUT2D eigenvalue weighted by Crippen LogP contribution is 2.25. The maximum atomic E-state index is 13.7. The summed E-state index contributed by atoms with van der Waals surface area (Å²) in [6, 6.07) is 8.76. The number of rotatable bonds is 12. The highest BCUT2D eigenvalue weighted by Gasteiger charge is 2.33. The number of anilines is 1. The molecule has 12 heteroatoms. The van der Waals surface area contributed by atoms with Crippen molar-refractivity contribution >= 4 is 50.9 Å². The second-order valence-electron chi connectivity index (χ2n) is 8.26. The Labute approximate surface area is 222 Å². The van der Waals surface area contributed by atoms with Crippen LogP contribution in [0.1, 0.15) is 32.3 Å². The predicted octanol–water partition coefficient (Wildman–Crippen LogP) is 4.08. The van der Waals surface area contributed by atoms with Crippen molar-refractivity contribution in [1.82, 2.24) is 14.5 Å². The van der Waals surface area contributed by atoms with Crippen LogP contribution in [0.15, 0.2) is 42.5 Å². The molecule has 0 saturated heterocycles. The number of benzene rings is 2. The number of hydrogen-bond acceptors (Lipinski definition) is 4. The molecule has 2 aromatic rings. The molecule has 2 rings (SSSR count). The summed E-state index contributed by atoms with van der Waals surface area (Å²) in [4.78, 5) is 28.0. The van der Waals surface area contributed by atoms with Crippen molar-refractivity contribution in [3.63, 3.8) is 0 Å². The van der Waals surface area contributed by atoms with Gasteiger partial charge in [-0.25, -0.2) is 8.70 Å². The minimum Gasteiger partial charge on any atom is -0.354 e. The van der Waals surface area contributed by atoms with E-state index in [0.29, 0.717) is 30.0 Å². The van der Waals surface area contributed by atoms with Crippen LogP contribution in [0.4, 0.5) is 10.1 Å². The minimum atomic E-state index is -4.13. The first kappa shape index (κ1) is 29.8. The Bertz CT molecular complexity index is 1160. The van der Waals surface area contributed by atoms with E-state index >= 15 is 0 Å². The van der Waals surface area contributed by atoms with Gasteiger partial charge in [-0.3, -0.25) is 9.59 Å². The van der Waals surface area contributed by atoms with Crippen LogP contribution >= 0.6 is 23.2 Å². The maximum absolute atomic E-state index is 13.7. The fraction of sp³-hybridized carbons (Fsp3) is 0.417. The molecule has 2 amide bonds. The average molecular weight is 562 g/mol. The van der Waals surface area contributed by atoms with Crippen LogP contribution in [0.2, 0.25) is 10.0 Å². The van der Waals surface area contributed by atoms with Crippen LogP contribution in [0.5, 0.6) is 0 Å². The molecule has 1 N–H and O–H groups in total. The lowest BCUT2D eigenvalue weighted by Gasteiger charge is -2.34. The molecule has 0 saturated carbocycles. The van der Waals surface area contributed by atoms with Gasteiger partial charge in [-0.05, 0) is 54.8 Å². The topological polar surface area (TPSA) is 90.0 Å². The lowest BCUT2D eigenvalue weighted by atomic mass is 10.1. The maximum Gasteiger partial charge on any atom is 0.304 e. The smallest absolute Gasteiger partial charge is 0.304 e. The number of nitrogens with zero attached hydrogens (tertiary/aromatic N) is 3. The van der Waals surface area contributed by atoms with E-state index in [1.807, 2.05) is 6.92 Å². The molecule has 36 heavy (non-hydrogen) atoms. The summed E-state index contributed by atoms with van der Waals surface area (Å²) in [7, 11) is -1.47. The second kappa shape index (κ2) is 13.2. The van der Waals surface area contributed by atoms with Gasteiger partial charge >= 0.3 is 10.2 Å². The Balaban J connectivity index is 2.50. The molecular formula is C24H31Cl2FN4O4S. The lowest BCUT2D eigenvalue weighted by Crippen LogP contribution is -2.53. The summed E-state index contributed by atoms with van der Waals surface area (Å²) < 4.78 is 41.6. The summed E-state index contributed by atoms with van der Waals surface area (Å²) in [5.41, 5.74) is 0.722. The second-order valence-corrected chi connectivity index (χ2v) is 11.1. The molecule has 0 bridgehead atoms. The summed E-state index contributed by atoms with van der Waals surface area (Å²) >= 11 is 12.2. The van der Waals surface area contributed by atoms with Crippen LogP contribution < -0.4 is 9.62 Å². The highest BCUT2D eigenvalue weighted by atomic mass is 35.5. The zero-order chi connectivity index (χ0) is 27.0. The van der Waals surface area contributed by atoms with Gasteiger partial charge in [0.2, 0.25) is 11.8 Å². The van der Waals surface area contributed by atoms with Gasteiger partial charge in [0, 0.05) is 27.2 Å². The van der Waals surface area contributed by atoms with Crippen molar-refractivity contribution < 1.29 is 22.4 Å². The van der Waals surface area contributed by atoms with Gasteiger partial charge in [0.25, 0.3) is 0 Å². The van der Waals surface area contributed by atoms with E-state index in [-0.39, 0.29) is 23.2 Å². The molecule has 0 aliphatic rings. The Morgan fingerprint density at radius 1 is 1.03 bits per heavy atom. The van der Waals surface area contributed by atoms with Crippen molar-refractivity contribution in [3.8, 4) is 0 Å². The number of halogens is 3. The van der Waals surface area contributed by atoms with E-state index in [9.17, 15) is 22.4 Å². The highest BCUT2D eigenvalue weighted by molar-refractivity contribution is 7.90. The molecule has 0 fully saturated rings. The van der Waals surface area contributed by atoms with Gasteiger partial charge in [-0.1, -0.05) is 43.1 Å². The SMILES string of the molecule is CCCNC(=O)C(CC)N(Cc1ccc(Cl)c(Cl)c1)C(=O)CN(c1ccc(F)cc1)S(=O)(=O)N(C)C. The Morgan fingerprint density at radius 2 is 1.67 bits per heavy atom. The first-order valence-corrected chi connectivity index (χ1v) is 13.5. The van der Waals surface area contributed by atoms with Crippen molar-refractivity contribution in [2.45, 2.75) is 39.3 Å². The first-order chi connectivity index (χ1) is 16.9. The molecule has 198 valence electrons. The molecule has 1 atom stereocenters. The molecule has 0 aromatic heterocycles. The van der Waals surface area contributed by atoms with E-state index in [0.717, 1.165) is 20.7 Å². The summed E-state index contributed by atoms with van der Waals surface area (Å²) in [5, 5.41) is 3.43. The summed E-state index contributed by atoms with van der Waals surface area (Å²) in [6.45, 7) is 3.49. The van der Waals surface area contributed by atoms with Gasteiger partial charge in [0.15, 0.2) is 0 Å². The Hall–Kier alpha value is -2.40. The van der Waals surface area contributed by atoms with Crippen molar-refractivity contribution in [2.75, 3.05) is 31.5 Å². The van der Waals surface area contributed by atoms with Crippen molar-refractivity contribution in [1.29, 1.82) is 0 Å². The number of carbonyl (C=O) groups excluding carboxylic acids is 2. The van der Waals surface area contributed by atoms with E-state index in [2.05, 4.69) is 5.32 Å². The third kappa shape index (κ3) is 7.55. The van der Waals surface area contributed by atoms with Gasteiger partial charge in [0.1, 0.15) is 18.4 Å². The Morgan fingerprint density at radius 3 is 2.19 bits per heavy atom. The van der Waals surface area contributed by atoms with Crippen molar-refractivity contribution in [3.05, 3.63) is 63.9 Å². The number of hydrogen-bond donors (Lipinski definition) is 1. The molecular weight excluding hydrogens is 530 g/mol. The van der Waals surface area contributed by atoms with E-state index < -0.39 is 34.5 Å². The largest absolute Gasteiger partial charge is 0.354 e. The van der Waals surface area contributed by atoms with Crippen LogP contribution in [0.25, 0.3) is 0 Å². The molecule has 8 nitrogen and oxygen atoms in total. The van der Waals surface area contributed by atoms with Gasteiger partial charge < -0.3 is 10.2 Å². The fourth-order valence-corrected chi connectivity index (χ4v) is 4.82. The third-order valence-corrected chi connectivity index (χ3v) is 7.96. The lowest BCUT2D eigenvalue weighted by molar-refractivity contribution is -0.140. The zero-order valence-corrected chi connectivity index (χ0v) is 23.0. The quantitative estimate of drug-likeness (QED) is 0.423. The third-order valence-electron chi connectivity index (χ3n) is 5.41. The van der Waals surface area contributed by atoms with Gasteiger partial charge in [-0.2, -0.15) is 12.7 Å². The van der Waals surface area contributed by atoms with E-state index in [4.69, 9.17) is 23.2 Å². The molecule has 0 radical (unpaired) electrons. The predicted molar refractivity (Wildman–Crippen MR) is 141 cm³/mol. The van der Waals surface area contributed by atoms with Crippen LogP contribution in [-0.2, 0) is 26.3 Å². The number of nitrogens with one attached hydrogen (secondary N) is 1. The normalized spacial score (nSPS) is 12.3. The molecule has 0 aliphatic heterocycles. The van der Waals surface area contributed by atoms with Crippen molar-refractivity contribution in [2.24, 2.45) is 0 Å². The average Bonchev–Trinajstić information content (AvgIpc) is 2.83. The first-order valence-electron chi connectivity index (χ1n) is 11.4. The zero-order valence-electron chi connectivity index (χ0n) is 20.7. The van der Waals surface area contributed by atoms with Crippen LogP contribution in [0, 0.1) is 5.82 Å². The van der Waals surface area contributed by atoms with Gasteiger partial charge in [0.05, 0.1) is 15.7 Å². The minimum absolute atomic E-state index is 0.00690. The molecule has 1 unspecified atom stereocenters. The molecule has 0 heterocycles. The summed E-state index contributed by atoms with van der Waals surface area (Å²) in [5.74, 6) is -1.52. The molecule has 0 aliphatic carbocycles. The molecule has 2 aromatic carbocycles. The monoisotopic (exact) mass is 560 g/mol. The van der Waals surface area contributed by atoms with Crippen LogP contribution in [-0.4, -0.2) is 62.7 Å². The number of amides is 2.